The van der Waals surface area contributed by atoms with Gasteiger partial charge in [0.1, 0.15) is 0 Å². The molecule has 1 amide bonds. The van der Waals surface area contributed by atoms with E-state index in [9.17, 15) is 4.79 Å². The minimum absolute atomic E-state index is 0.250. The van der Waals surface area contributed by atoms with Gasteiger partial charge in [-0.05, 0) is 26.4 Å². The van der Waals surface area contributed by atoms with Crippen LogP contribution in [0.1, 0.15) is 12.8 Å². The fourth-order valence-electron chi connectivity index (χ4n) is 2.69. The van der Waals surface area contributed by atoms with Crippen molar-refractivity contribution in [3.8, 4) is 0 Å². The summed E-state index contributed by atoms with van der Waals surface area (Å²) in [6, 6.07) is 0.447. The highest BCUT2D eigenvalue weighted by Gasteiger charge is 2.43. The zero-order chi connectivity index (χ0) is 10.1. The van der Waals surface area contributed by atoms with Gasteiger partial charge >= 0.3 is 0 Å². The number of nitrogens with zero attached hydrogens (tertiary/aromatic N) is 2. The summed E-state index contributed by atoms with van der Waals surface area (Å²) in [5.41, 5.74) is 5.49. The summed E-state index contributed by atoms with van der Waals surface area (Å²) in [7, 11) is 2.12. The lowest BCUT2D eigenvalue weighted by molar-refractivity contribution is -0.131. The lowest BCUT2D eigenvalue weighted by atomic mass is 9.92. The first-order valence-electron chi connectivity index (χ1n) is 5.43. The summed E-state index contributed by atoms with van der Waals surface area (Å²) in [5.74, 6) is 0.576. The summed E-state index contributed by atoms with van der Waals surface area (Å²) in [4.78, 5) is 16.2. The van der Waals surface area contributed by atoms with Crippen molar-refractivity contribution in [1.82, 2.24) is 9.80 Å². The van der Waals surface area contributed by atoms with Crippen molar-refractivity contribution in [2.24, 2.45) is 11.7 Å². The van der Waals surface area contributed by atoms with Crippen LogP contribution in [-0.4, -0.2) is 55.0 Å². The highest BCUT2D eigenvalue weighted by atomic mass is 16.2. The molecule has 0 radical (unpaired) electrons. The molecule has 2 heterocycles. The molecule has 2 atom stereocenters. The third-order valence-corrected chi connectivity index (χ3v) is 3.49. The Bertz CT molecular complexity index is 231. The number of carbonyl (C=O) groups is 1. The van der Waals surface area contributed by atoms with Gasteiger partial charge in [0.05, 0.1) is 5.92 Å². The molecule has 0 saturated carbocycles. The summed E-state index contributed by atoms with van der Waals surface area (Å²) in [5, 5.41) is 0. The molecule has 2 saturated heterocycles. The van der Waals surface area contributed by atoms with Crippen LogP contribution in [0.3, 0.4) is 0 Å². The van der Waals surface area contributed by atoms with E-state index in [1.54, 1.807) is 0 Å². The first kappa shape index (κ1) is 9.93. The Morgan fingerprint density at radius 1 is 1.57 bits per heavy atom. The van der Waals surface area contributed by atoms with Gasteiger partial charge in [0.15, 0.2) is 0 Å². The number of amides is 1. The Hall–Kier alpha value is -0.610. The Balaban J connectivity index is 2.06. The summed E-state index contributed by atoms with van der Waals surface area (Å²) >= 11 is 0. The smallest absolute Gasteiger partial charge is 0.227 e. The summed E-state index contributed by atoms with van der Waals surface area (Å²) in [6.45, 7) is 3.32. The Morgan fingerprint density at radius 3 is 3.00 bits per heavy atom. The van der Waals surface area contributed by atoms with Crippen LogP contribution < -0.4 is 5.73 Å². The Kier molecular flexibility index (Phi) is 2.74. The Labute approximate surface area is 85.0 Å². The largest absolute Gasteiger partial charge is 0.340 e. The molecule has 14 heavy (non-hydrogen) atoms. The number of piperidine rings is 1. The maximum atomic E-state index is 11.9. The molecule has 80 valence electrons. The molecular formula is C10H19N3O. The number of carbonyl (C=O) groups excluding carboxylic acids is 1. The van der Waals surface area contributed by atoms with E-state index in [0.29, 0.717) is 18.5 Å². The predicted molar refractivity (Wildman–Crippen MR) is 54.8 cm³/mol. The summed E-state index contributed by atoms with van der Waals surface area (Å²) in [6.07, 6.45) is 2.22. The van der Waals surface area contributed by atoms with Crippen molar-refractivity contribution in [3.05, 3.63) is 0 Å². The van der Waals surface area contributed by atoms with Crippen molar-refractivity contribution in [1.29, 1.82) is 0 Å². The molecule has 2 fully saturated rings. The van der Waals surface area contributed by atoms with E-state index >= 15 is 0 Å². The van der Waals surface area contributed by atoms with E-state index in [1.807, 2.05) is 4.90 Å². The average molecular weight is 197 g/mol. The maximum absolute atomic E-state index is 11.9. The molecule has 0 aromatic rings. The van der Waals surface area contributed by atoms with Gasteiger partial charge in [0, 0.05) is 25.7 Å². The average Bonchev–Trinajstić information content (AvgIpc) is 2.48. The second-order valence-electron chi connectivity index (χ2n) is 4.37. The van der Waals surface area contributed by atoms with Crippen LogP contribution in [0.4, 0.5) is 0 Å². The van der Waals surface area contributed by atoms with E-state index < -0.39 is 0 Å². The van der Waals surface area contributed by atoms with E-state index in [-0.39, 0.29) is 5.92 Å². The zero-order valence-corrected chi connectivity index (χ0v) is 8.78. The molecule has 2 rings (SSSR count). The predicted octanol–water partition coefficient (Wildman–Crippen LogP) is -0.502. The SMILES string of the molecule is CN1CCC[C@@H]2C(=O)N(CCN)C[C@H]21. The van der Waals surface area contributed by atoms with Crippen LogP contribution in [0.5, 0.6) is 0 Å². The number of rotatable bonds is 2. The first-order chi connectivity index (χ1) is 6.74. The molecule has 0 aromatic heterocycles. The molecule has 0 aromatic carbocycles. The third-order valence-electron chi connectivity index (χ3n) is 3.49. The first-order valence-corrected chi connectivity index (χ1v) is 5.43. The van der Waals surface area contributed by atoms with Gasteiger partial charge in [0.25, 0.3) is 0 Å². The quantitative estimate of drug-likeness (QED) is 0.649. The van der Waals surface area contributed by atoms with E-state index in [4.69, 9.17) is 5.73 Å². The highest BCUT2D eigenvalue weighted by molar-refractivity contribution is 5.82. The van der Waals surface area contributed by atoms with Crippen LogP contribution in [-0.2, 0) is 4.79 Å². The molecule has 0 unspecified atom stereocenters. The maximum Gasteiger partial charge on any atom is 0.227 e. The van der Waals surface area contributed by atoms with E-state index in [0.717, 1.165) is 32.5 Å². The fourth-order valence-corrected chi connectivity index (χ4v) is 2.69. The van der Waals surface area contributed by atoms with Crippen molar-refractivity contribution in [2.75, 3.05) is 33.2 Å². The van der Waals surface area contributed by atoms with Crippen LogP contribution in [0.2, 0.25) is 0 Å². The van der Waals surface area contributed by atoms with Crippen molar-refractivity contribution >= 4 is 5.91 Å². The number of nitrogens with two attached hydrogens (primary N) is 1. The second-order valence-corrected chi connectivity index (χ2v) is 4.37. The van der Waals surface area contributed by atoms with Crippen LogP contribution >= 0.6 is 0 Å². The van der Waals surface area contributed by atoms with Gasteiger partial charge in [-0.25, -0.2) is 0 Å². The number of likely N-dealkylation sites (tertiary alicyclic amines) is 2. The summed E-state index contributed by atoms with van der Waals surface area (Å²) < 4.78 is 0. The molecular weight excluding hydrogens is 178 g/mol. The number of hydrogen-bond acceptors (Lipinski definition) is 3. The topological polar surface area (TPSA) is 49.6 Å². The van der Waals surface area contributed by atoms with Crippen molar-refractivity contribution in [3.63, 3.8) is 0 Å². The van der Waals surface area contributed by atoms with Gasteiger partial charge < -0.3 is 15.5 Å². The molecule has 0 aliphatic carbocycles. The molecule has 0 spiro atoms. The lowest BCUT2D eigenvalue weighted by Crippen LogP contribution is -2.42. The van der Waals surface area contributed by atoms with Gasteiger partial charge in [-0.2, -0.15) is 0 Å². The third kappa shape index (κ3) is 1.53. The molecule has 4 nitrogen and oxygen atoms in total. The van der Waals surface area contributed by atoms with E-state index in [2.05, 4.69) is 11.9 Å². The minimum Gasteiger partial charge on any atom is -0.340 e. The second kappa shape index (κ2) is 3.87. The van der Waals surface area contributed by atoms with Crippen molar-refractivity contribution < 1.29 is 4.79 Å². The standard InChI is InChI=1S/C10H19N3O/c1-12-5-2-3-8-9(12)7-13(6-4-11)10(8)14/h8-9H,2-7,11H2,1H3/t8-,9+/m0/s1. The zero-order valence-electron chi connectivity index (χ0n) is 8.78. The Morgan fingerprint density at radius 2 is 2.36 bits per heavy atom. The van der Waals surface area contributed by atoms with Gasteiger partial charge in [-0.15, -0.1) is 0 Å². The van der Waals surface area contributed by atoms with Crippen LogP contribution in [0.25, 0.3) is 0 Å². The monoisotopic (exact) mass is 197 g/mol. The normalized spacial score (nSPS) is 33.6. The van der Waals surface area contributed by atoms with Gasteiger partial charge in [-0.3, -0.25) is 4.79 Å². The highest BCUT2D eigenvalue weighted by Crippen LogP contribution is 2.30. The lowest BCUT2D eigenvalue weighted by Gasteiger charge is -2.32. The van der Waals surface area contributed by atoms with Crippen LogP contribution in [0.15, 0.2) is 0 Å². The molecule has 2 aliphatic heterocycles. The van der Waals surface area contributed by atoms with Gasteiger partial charge in [0.2, 0.25) is 5.91 Å². The molecule has 2 aliphatic rings. The minimum atomic E-state index is 0.250. The molecule has 4 heteroatoms. The number of likely N-dealkylation sites (N-methyl/N-ethyl adjacent to an activating group) is 1. The fraction of sp³-hybridized carbons (Fsp3) is 0.900. The molecule has 0 bridgehead atoms. The molecule has 2 N–H and O–H groups in total. The number of hydrogen-bond donors (Lipinski definition) is 1. The van der Waals surface area contributed by atoms with E-state index in [1.165, 1.54) is 0 Å². The number of fused-ring (bicyclic) bond motifs is 1. The van der Waals surface area contributed by atoms with Crippen LogP contribution in [0, 0.1) is 5.92 Å². The van der Waals surface area contributed by atoms with Gasteiger partial charge in [-0.1, -0.05) is 0 Å². The van der Waals surface area contributed by atoms with Crippen molar-refractivity contribution in [2.45, 2.75) is 18.9 Å².